The van der Waals surface area contributed by atoms with Crippen molar-refractivity contribution in [3.63, 3.8) is 0 Å². The highest BCUT2D eigenvalue weighted by Crippen LogP contribution is 2.28. The Bertz CT molecular complexity index is 805. The molecular weight excluding hydrogens is 346 g/mol. The molecule has 3 N–H and O–H groups in total. The summed E-state index contributed by atoms with van der Waals surface area (Å²) in [6, 6.07) is 3.39. The van der Waals surface area contributed by atoms with E-state index in [-0.39, 0.29) is 33.7 Å². The van der Waals surface area contributed by atoms with E-state index in [9.17, 15) is 26.9 Å². The van der Waals surface area contributed by atoms with E-state index in [1.165, 1.54) is 12.1 Å². The molecular formula is C12H17N3O6S2. The maximum Gasteiger partial charge on any atom is 0.293 e. The normalized spacial score (nSPS) is 18.5. The Hall–Kier alpha value is -1.72. The number of sulfone groups is 1. The molecule has 2 rings (SSSR count). The molecule has 0 saturated carbocycles. The van der Waals surface area contributed by atoms with E-state index in [1.54, 1.807) is 0 Å². The molecule has 128 valence electrons. The third-order valence-corrected chi connectivity index (χ3v) is 6.38. The van der Waals surface area contributed by atoms with Crippen LogP contribution in [-0.2, 0) is 19.9 Å². The number of nitrogens with zero attached hydrogens (tertiary/aromatic N) is 1. The Morgan fingerprint density at radius 2 is 1.91 bits per heavy atom. The fraction of sp³-hybridized carbons (Fsp3) is 0.500. The zero-order valence-corrected chi connectivity index (χ0v) is 13.8. The monoisotopic (exact) mass is 363 g/mol. The van der Waals surface area contributed by atoms with Crippen LogP contribution in [0.2, 0.25) is 0 Å². The van der Waals surface area contributed by atoms with Crippen molar-refractivity contribution in [3.8, 4) is 0 Å². The summed E-state index contributed by atoms with van der Waals surface area (Å²) in [6.07, 6.45) is 0.997. The summed E-state index contributed by atoms with van der Waals surface area (Å²) in [7, 11) is -6.98. The zero-order valence-electron chi connectivity index (χ0n) is 12.1. The van der Waals surface area contributed by atoms with Gasteiger partial charge in [-0.05, 0) is 30.9 Å². The number of primary sulfonamides is 1. The van der Waals surface area contributed by atoms with Gasteiger partial charge in [-0.25, -0.2) is 22.0 Å². The molecule has 1 aliphatic heterocycles. The number of nitrogens with two attached hydrogens (primary N) is 1. The molecule has 0 radical (unpaired) electrons. The van der Waals surface area contributed by atoms with Gasteiger partial charge in [0.1, 0.15) is 15.5 Å². The fourth-order valence-corrected chi connectivity index (χ4v) is 4.51. The number of sulfonamides is 1. The van der Waals surface area contributed by atoms with Crippen molar-refractivity contribution in [3.05, 3.63) is 28.3 Å². The molecule has 0 bridgehead atoms. The average molecular weight is 363 g/mol. The van der Waals surface area contributed by atoms with Gasteiger partial charge < -0.3 is 5.32 Å². The Morgan fingerprint density at radius 3 is 2.43 bits per heavy atom. The lowest BCUT2D eigenvalue weighted by Crippen LogP contribution is -2.27. The zero-order chi connectivity index (χ0) is 17.3. The van der Waals surface area contributed by atoms with Crippen LogP contribution in [0.4, 0.5) is 11.4 Å². The van der Waals surface area contributed by atoms with Gasteiger partial charge in [0.05, 0.1) is 21.3 Å². The minimum atomic E-state index is -4.02. The number of hydrogen-bond donors (Lipinski definition) is 2. The van der Waals surface area contributed by atoms with Crippen LogP contribution in [0.15, 0.2) is 23.1 Å². The van der Waals surface area contributed by atoms with Gasteiger partial charge in [0, 0.05) is 12.6 Å². The van der Waals surface area contributed by atoms with Crippen LogP contribution in [0.1, 0.15) is 12.8 Å². The molecule has 9 nitrogen and oxygen atoms in total. The lowest BCUT2D eigenvalue weighted by atomic mass is 10.0. The van der Waals surface area contributed by atoms with Gasteiger partial charge in [0.2, 0.25) is 10.0 Å². The van der Waals surface area contributed by atoms with Gasteiger partial charge in [-0.2, -0.15) is 0 Å². The van der Waals surface area contributed by atoms with Crippen LogP contribution >= 0.6 is 0 Å². The van der Waals surface area contributed by atoms with E-state index in [1.807, 2.05) is 0 Å². The van der Waals surface area contributed by atoms with Crippen LogP contribution in [-0.4, -0.2) is 39.8 Å². The third-order valence-electron chi connectivity index (χ3n) is 3.75. The van der Waals surface area contributed by atoms with Gasteiger partial charge in [-0.3, -0.25) is 10.1 Å². The summed E-state index contributed by atoms with van der Waals surface area (Å²) in [5.74, 6) is 0.327. The lowest BCUT2D eigenvalue weighted by molar-refractivity contribution is -0.384. The van der Waals surface area contributed by atoms with Crippen molar-refractivity contribution in [2.45, 2.75) is 17.7 Å². The molecule has 0 amide bonds. The van der Waals surface area contributed by atoms with Crippen LogP contribution in [0.3, 0.4) is 0 Å². The van der Waals surface area contributed by atoms with Gasteiger partial charge >= 0.3 is 0 Å². The maximum absolute atomic E-state index is 11.4. The molecule has 23 heavy (non-hydrogen) atoms. The van der Waals surface area contributed by atoms with Gasteiger partial charge in [0.15, 0.2) is 0 Å². The molecule has 1 fully saturated rings. The van der Waals surface area contributed by atoms with Crippen molar-refractivity contribution < 1.29 is 21.8 Å². The summed E-state index contributed by atoms with van der Waals surface area (Å²) in [5, 5.41) is 19.0. The van der Waals surface area contributed by atoms with E-state index in [0.29, 0.717) is 19.4 Å². The largest absolute Gasteiger partial charge is 0.379 e. The Balaban J connectivity index is 2.12. The second kappa shape index (κ2) is 6.42. The Morgan fingerprint density at radius 1 is 1.30 bits per heavy atom. The molecule has 1 saturated heterocycles. The summed E-state index contributed by atoms with van der Waals surface area (Å²) >= 11 is 0. The first-order chi connectivity index (χ1) is 10.6. The number of anilines is 1. The predicted octanol–water partition coefficient (Wildman–Crippen LogP) is 0.479. The number of nitrogens with one attached hydrogen (secondary N) is 1. The molecule has 0 aliphatic carbocycles. The second-order valence-corrected chi connectivity index (χ2v) is 9.32. The summed E-state index contributed by atoms with van der Waals surface area (Å²) in [5.41, 5.74) is -0.212. The van der Waals surface area contributed by atoms with Crippen molar-refractivity contribution in [2.75, 3.05) is 23.4 Å². The number of rotatable bonds is 5. The van der Waals surface area contributed by atoms with Crippen LogP contribution in [0.5, 0.6) is 0 Å². The summed E-state index contributed by atoms with van der Waals surface area (Å²) < 4.78 is 45.3. The van der Waals surface area contributed by atoms with E-state index < -0.39 is 24.8 Å². The molecule has 1 aliphatic rings. The van der Waals surface area contributed by atoms with Crippen molar-refractivity contribution in [1.29, 1.82) is 0 Å². The molecule has 0 aromatic heterocycles. The number of benzene rings is 1. The molecule has 0 spiro atoms. The predicted molar refractivity (Wildman–Crippen MR) is 84.3 cm³/mol. The van der Waals surface area contributed by atoms with E-state index in [4.69, 9.17) is 5.14 Å². The first kappa shape index (κ1) is 17.6. The Kier molecular flexibility index (Phi) is 4.92. The minimum Gasteiger partial charge on any atom is -0.379 e. The lowest BCUT2D eigenvalue weighted by Gasteiger charge is -2.22. The average Bonchev–Trinajstić information content (AvgIpc) is 2.45. The highest BCUT2D eigenvalue weighted by atomic mass is 32.2. The van der Waals surface area contributed by atoms with Crippen molar-refractivity contribution in [2.24, 2.45) is 11.1 Å². The highest BCUT2D eigenvalue weighted by Gasteiger charge is 2.24. The van der Waals surface area contributed by atoms with Crippen LogP contribution < -0.4 is 10.5 Å². The summed E-state index contributed by atoms with van der Waals surface area (Å²) in [4.78, 5) is 10.1. The second-order valence-electron chi connectivity index (χ2n) is 5.46. The third kappa shape index (κ3) is 4.62. The van der Waals surface area contributed by atoms with Crippen molar-refractivity contribution in [1.82, 2.24) is 0 Å². The van der Waals surface area contributed by atoms with Gasteiger partial charge in [0.25, 0.3) is 5.69 Å². The molecule has 0 atom stereocenters. The number of nitro benzene ring substituents is 1. The summed E-state index contributed by atoms with van der Waals surface area (Å²) in [6.45, 7) is 0.380. The van der Waals surface area contributed by atoms with Gasteiger partial charge in [-0.1, -0.05) is 0 Å². The van der Waals surface area contributed by atoms with Crippen LogP contribution in [0, 0.1) is 16.0 Å². The first-order valence-electron chi connectivity index (χ1n) is 6.84. The Labute approximate surface area is 134 Å². The van der Waals surface area contributed by atoms with Crippen LogP contribution in [0.25, 0.3) is 0 Å². The fourth-order valence-electron chi connectivity index (χ4n) is 2.39. The minimum absolute atomic E-state index is 0.0936. The highest BCUT2D eigenvalue weighted by molar-refractivity contribution is 7.91. The molecule has 1 heterocycles. The smallest absolute Gasteiger partial charge is 0.293 e. The van der Waals surface area contributed by atoms with E-state index in [0.717, 1.165) is 6.07 Å². The van der Waals surface area contributed by atoms with Gasteiger partial charge in [-0.15, -0.1) is 0 Å². The first-order valence-corrected chi connectivity index (χ1v) is 10.2. The maximum atomic E-state index is 11.4. The number of nitro groups is 1. The van der Waals surface area contributed by atoms with E-state index in [2.05, 4.69) is 5.32 Å². The molecule has 1 aromatic rings. The SMILES string of the molecule is NS(=O)(=O)c1ccc(NCC2CCS(=O)(=O)CC2)c([N+](=O)[O-])c1. The topological polar surface area (TPSA) is 149 Å². The quantitative estimate of drug-likeness (QED) is 0.570. The number of hydrogen-bond acceptors (Lipinski definition) is 7. The standard InChI is InChI=1S/C12H17N3O6S2/c13-23(20,21)10-1-2-11(12(7-10)15(16)17)14-8-9-3-5-22(18,19)6-4-9/h1-2,7,9,14H,3-6,8H2,(H2,13,20,21). The molecule has 1 aromatic carbocycles. The van der Waals surface area contributed by atoms with Crippen molar-refractivity contribution >= 4 is 31.2 Å². The molecule has 11 heteroatoms. The van der Waals surface area contributed by atoms with E-state index >= 15 is 0 Å². The molecule has 0 unspecified atom stereocenters.